The minimum absolute atomic E-state index is 0.0581. The molecule has 2 heterocycles. The molecule has 0 bridgehead atoms. The average molecular weight is 303 g/mol. The Labute approximate surface area is 129 Å². The number of rotatable bonds is 4. The van der Waals surface area contributed by atoms with E-state index in [9.17, 15) is 14.4 Å². The molecule has 0 radical (unpaired) electrons. The number of nitrogens with one attached hydrogen (secondary N) is 1. The minimum atomic E-state index is -0.683. The van der Waals surface area contributed by atoms with E-state index in [0.717, 1.165) is 12.8 Å². The van der Waals surface area contributed by atoms with Crippen LogP contribution in [-0.4, -0.2) is 39.8 Å². The summed E-state index contributed by atoms with van der Waals surface area (Å²) in [5, 5.41) is 2.27. The zero-order valence-corrected chi connectivity index (χ0v) is 12.7. The van der Waals surface area contributed by atoms with Gasteiger partial charge in [-0.3, -0.25) is 19.7 Å². The largest absolute Gasteiger partial charge is 0.340 e. The summed E-state index contributed by atoms with van der Waals surface area (Å²) in [7, 11) is 0. The molecule has 22 heavy (non-hydrogen) atoms. The first-order valence-corrected chi connectivity index (χ1v) is 7.93. The van der Waals surface area contributed by atoms with Crippen molar-refractivity contribution < 1.29 is 14.4 Å². The van der Waals surface area contributed by atoms with Gasteiger partial charge in [0.05, 0.1) is 6.42 Å². The Kier molecular flexibility index (Phi) is 4.00. The van der Waals surface area contributed by atoms with Crippen LogP contribution in [0.4, 0.5) is 0 Å². The molecule has 2 aliphatic rings. The molecule has 118 valence electrons. The van der Waals surface area contributed by atoms with Gasteiger partial charge in [0.2, 0.25) is 11.8 Å². The molecule has 1 aliphatic heterocycles. The Bertz CT molecular complexity index is 602. The van der Waals surface area contributed by atoms with E-state index >= 15 is 0 Å². The Hall–Kier alpha value is -2.11. The quantitative estimate of drug-likeness (QED) is 0.856. The third kappa shape index (κ3) is 2.53. The smallest absolute Gasteiger partial charge is 0.271 e. The first-order chi connectivity index (χ1) is 10.6. The number of amides is 3. The fourth-order valence-corrected chi connectivity index (χ4v) is 3.52. The summed E-state index contributed by atoms with van der Waals surface area (Å²) in [4.78, 5) is 37.6. The maximum atomic E-state index is 12.9. The van der Waals surface area contributed by atoms with Crippen molar-refractivity contribution in [2.75, 3.05) is 6.54 Å². The highest BCUT2D eigenvalue weighted by molar-refractivity contribution is 6.08. The first kappa shape index (κ1) is 14.8. The fraction of sp³-hybridized carbons (Fsp3) is 0.562. The summed E-state index contributed by atoms with van der Waals surface area (Å²) in [5.41, 5.74) is 0.612. The van der Waals surface area contributed by atoms with Gasteiger partial charge in [0.25, 0.3) is 5.91 Å². The van der Waals surface area contributed by atoms with E-state index in [-0.39, 0.29) is 24.1 Å². The lowest BCUT2D eigenvalue weighted by atomic mass is 10.2. The lowest BCUT2D eigenvalue weighted by Gasteiger charge is -2.26. The Balaban J connectivity index is 1.84. The van der Waals surface area contributed by atoms with Crippen LogP contribution in [0.15, 0.2) is 18.3 Å². The number of imide groups is 1. The molecule has 0 aromatic carbocycles. The van der Waals surface area contributed by atoms with Crippen molar-refractivity contribution in [3.63, 3.8) is 0 Å². The maximum Gasteiger partial charge on any atom is 0.271 e. The van der Waals surface area contributed by atoms with Crippen LogP contribution in [0, 0.1) is 0 Å². The normalized spacial score (nSPS) is 22.1. The van der Waals surface area contributed by atoms with Gasteiger partial charge < -0.3 is 9.47 Å². The number of carbonyl (C=O) groups excluding carboxylic acids is 3. The van der Waals surface area contributed by atoms with Crippen molar-refractivity contribution in [3.05, 3.63) is 24.0 Å². The lowest BCUT2D eigenvalue weighted by Crippen LogP contribution is -2.45. The monoisotopic (exact) mass is 303 g/mol. The number of hydrogen-bond donors (Lipinski definition) is 1. The summed E-state index contributed by atoms with van der Waals surface area (Å²) >= 11 is 0. The lowest BCUT2D eigenvalue weighted by molar-refractivity contribution is -0.126. The van der Waals surface area contributed by atoms with E-state index in [0.29, 0.717) is 18.3 Å². The van der Waals surface area contributed by atoms with E-state index < -0.39 is 6.04 Å². The van der Waals surface area contributed by atoms with Gasteiger partial charge >= 0.3 is 0 Å². The highest BCUT2D eigenvalue weighted by Gasteiger charge is 2.38. The van der Waals surface area contributed by atoms with Crippen LogP contribution in [0.2, 0.25) is 0 Å². The van der Waals surface area contributed by atoms with Crippen LogP contribution in [0.1, 0.15) is 55.6 Å². The fourth-order valence-electron chi connectivity index (χ4n) is 3.52. The highest BCUT2D eigenvalue weighted by Crippen LogP contribution is 2.31. The number of aromatic nitrogens is 1. The number of carbonyl (C=O) groups is 3. The van der Waals surface area contributed by atoms with Crippen molar-refractivity contribution in [2.45, 2.75) is 51.1 Å². The van der Waals surface area contributed by atoms with E-state index in [2.05, 4.69) is 5.32 Å². The molecule has 3 amide bonds. The highest BCUT2D eigenvalue weighted by atomic mass is 16.2. The topological polar surface area (TPSA) is 71.4 Å². The van der Waals surface area contributed by atoms with Gasteiger partial charge in [0.1, 0.15) is 11.7 Å². The average Bonchev–Trinajstić information content (AvgIpc) is 3.20. The van der Waals surface area contributed by atoms with Crippen LogP contribution < -0.4 is 5.32 Å². The Morgan fingerprint density at radius 3 is 2.68 bits per heavy atom. The van der Waals surface area contributed by atoms with Crippen molar-refractivity contribution in [1.82, 2.24) is 14.8 Å². The summed E-state index contributed by atoms with van der Waals surface area (Å²) in [6.45, 7) is 2.23. The molecule has 1 saturated carbocycles. The first-order valence-electron chi connectivity index (χ1n) is 7.93. The zero-order valence-electron chi connectivity index (χ0n) is 12.7. The molecule has 1 unspecified atom stereocenters. The molecule has 2 fully saturated rings. The predicted molar refractivity (Wildman–Crippen MR) is 80.2 cm³/mol. The van der Waals surface area contributed by atoms with E-state index in [1.165, 1.54) is 17.7 Å². The number of hydrogen-bond acceptors (Lipinski definition) is 3. The molecule has 1 atom stereocenters. The van der Waals surface area contributed by atoms with Crippen molar-refractivity contribution in [3.8, 4) is 0 Å². The molecular weight excluding hydrogens is 282 g/mol. The molecule has 1 aromatic rings. The second kappa shape index (κ2) is 5.94. The van der Waals surface area contributed by atoms with Gasteiger partial charge in [0.15, 0.2) is 0 Å². The number of likely N-dealkylation sites (N-methyl/N-ethyl adjacent to an activating group) is 1. The van der Waals surface area contributed by atoms with Crippen LogP contribution in [-0.2, 0) is 9.59 Å². The van der Waals surface area contributed by atoms with Gasteiger partial charge in [0, 0.05) is 18.8 Å². The van der Waals surface area contributed by atoms with Crippen LogP contribution in [0.5, 0.6) is 0 Å². The van der Waals surface area contributed by atoms with Crippen LogP contribution >= 0.6 is 0 Å². The summed E-state index contributed by atoms with van der Waals surface area (Å²) in [6.07, 6.45) is 6.55. The van der Waals surface area contributed by atoms with Gasteiger partial charge in [-0.2, -0.15) is 0 Å². The van der Waals surface area contributed by atoms with Gasteiger partial charge in [-0.1, -0.05) is 12.8 Å². The minimum Gasteiger partial charge on any atom is -0.340 e. The molecule has 0 spiro atoms. The van der Waals surface area contributed by atoms with Crippen molar-refractivity contribution in [2.24, 2.45) is 0 Å². The molecule has 1 aromatic heterocycles. The van der Waals surface area contributed by atoms with Crippen LogP contribution in [0.25, 0.3) is 0 Å². The third-order valence-electron chi connectivity index (χ3n) is 4.64. The second-order valence-electron chi connectivity index (χ2n) is 5.96. The summed E-state index contributed by atoms with van der Waals surface area (Å²) in [6, 6.07) is 3.36. The summed E-state index contributed by atoms with van der Waals surface area (Å²) in [5.74, 6) is -0.860. The molecule has 1 N–H and O–H groups in total. The standard InChI is InChI=1S/C16H21N3O3/c1-2-18(13-10-14(20)17-15(13)21)16(22)12-8-5-9-19(12)11-6-3-4-7-11/h5,8-9,11,13H,2-4,6-7,10H2,1H3,(H,17,20,21). The molecule has 6 nitrogen and oxygen atoms in total. The predicted octanol–water partition coefficient (Wildman–Crippen LogP) is 1.48. The van der Waals surface area contributed by atoms with Crippen LogP contribution in [0.3, 0.4) is 0 Å². The van der Waals surface area contributed by atoms with Gasteiger partial charge in [-0.15, -0.1) is 0 Å². The summed E-state index contributed by atoms with van der Waals surface area (Å²) < 4.78 is 2.03. The maximum absolute atomic E-state index is 12.9. The molecule has 1 saturated heterocycles. The SMILES string of the molecule is CCN(C(=O)c1cccn1C1CCCC1)C1CC(=O)NC1=O. The van der Waals surface area contributed by atoms with E-state index in [4.69, 9.17) is 0 Å². The Morgan fingerprint density at radius 2 is 2.09 bits per heavy atom. The number of nitrogens with zero attached hydrogens (tertiary/aromatic N) is 2. The second-order valence-corrected chi connectivity index (χ2v) is 5.96. The molecular formula is C16H21N3O3. The van der Waals surface area contributed by atoms with E-state index in [1.807, 2.05) is 23.8 Å². The molecule has 3 rings (SSSR count). The van der Waals surface area contributed by atoms with Gasteiger partial charge in [-0.25, -0.2) is 0 Å². The van der Waals surface area contributed by atoms with Gasteiger partial charge in [-0.05, 0) is 31.9 Å². The van der Waals surface area contributed by atoms with Crippen molar-refractivity contribution in [1.29, 1.82) is 0 Å². The Morgan fingerprint density at radius 1 is 1.36 bits per heavy atom. The molecule has 6 heteroatoms. The molecule has 1 aliphatic carbocycles. The third-order valence-corrected chi connectivity index (χ3v) is 4.64. The zero-order chi connectivity index (χ0) is 15.7. The van der Waals surface area contributed by atoms with E-state index in [1.54, 1.807) is 6.07 Å². The van der Waals surface area contributed by atoms with Crippen molar-refractivity contribution >= 4 is 17.7 Å².